The summed E-state index contributed by atoms with van der Waals surface area (Å²) in [7, 11) is 1.92. The van der Waals surface area contributed by atoms with E-state index in [1.165, 1.54) is 38.5 Å². The van der Waals surface area contributed by atoms with E-state index in [-0.39, 0.29) is 0 Å². The second-order valence-electron chi connectivity index (χ2n) is 6.49. The first-order valence-electron chi connectivity index (χ1n) is 8.45. The van der Waals surface area contributed by atoms with Crippen LogP contribution in [0.1, 0.15) is 69.2 Å². The van der Waals surface area contributed by atoms with E-state index in [1.807, 2.05) is 7.05 Å². The van der Waals surface area contributed by atoms with Crippen molar-refractivity contribution in [2.24, 2.45) is 5.92 Å². The molecule has 2 aliphatic rings. The molecule has 2 atom stereocenters. The first kappa shape index (κ1) is 14.6. The van der Waals surface area contributed by atoms with Crippen LogP contribution < -0.4 is 10.1 Å². The molecule has 2 aliphatic carbocycles. The Kier molecular flexibility index (Phi) is 4.32. The highest BCUT2D eigenvalue weighted by Crippen LogP contribution is 2.40. The fraction of sp³-hybridized carbons (Fsp3) is 0.765. The van der Waals surface area contributed by atoms with Crippen LogP contribution in [0.25, 0.3) is 0 Å². The molecule has 3 rings (SSSR count). The van der Waals surface area contributed by atoms with E-state index in [2.05, 4.69) is 24.1 Å². The Bertz CT molecular complexity index is 499. The molecule has 2 unspecified atom stereocenters. The zero-order chi connectivity index (χ0) is 14.8. The van der Waals surface area contributed by atoms with Crippen LogP contribution in [0.2, 0.25) is 0 Å². The lowest BCUT2D eigenvalue weighted by molar-refractivity contribution is 0.0848. The van der Waals surface area contributed by atoms with Gasteiger partial charge in [0.15, 0.2) is 0 Å². The lowest BCUT2D eigenvalue weighted by atomic mass is 9.85. The van der Waals surface area contributed by atoms with Crippen molar-refractivity contribution in [1.29, 1.82) is 0 Å². The van der Waals surface area contributed by atoms with Crippen molar-refractivity contribution >= 4 is 5.82 Å². The zero-order valence-corrected chi connectivity index (χ0v) is 13.5. The molecule has 0 radical (unpaired) electrons. The van der Waals surface area contributed by atoms with Gasteiger partial charge in [-0.3, -0.25) is 0 Å². The predicted octanol–water partition coefficient (Wildman–Crippen LogP) is 4.05. The molecule has 1 aromatic rings. The van der Waals surface area contributed by atoms with Crippen LogP contribution in [0.15, 0.2) is 0 Å². The molecule has 4 heteroatoms. The van der Waals surface area contributed by atoms with Crippen LogP contribution in [0.4, 0.5) is 5.82 Å². The smallest absolute Gasteiger partial charge is 0.222 e. The highest BCUT2D eigenvalue weighted by atomic mass is 16.5. The van der Waals surface area contributed by atoms with Gasteiger partial charge in [-0.1, -0.05) is 13.3 Å². The summed E-state index contributed by atoms with van der Waals surface area (Å²) in [6.07, 6.45) is 9.03. The fourth-order valence-corrected chi connectivity index (χ4v) is 3.33. The normalized spacial score (nSPS) is 25.7. The number of ether oxygens (including phenoxy) is 1. The number of rotatable bonds is 5. The second-order valence-corrected chi connectivity index (χ2v) is 6.49. The van der Waals surface area contributed by atoms with Gasteiger partial charge < -0.3 is 10.1 Å². The standard InChI is InChI=1S/C17H27N3O/c1-4-12-7-5-6-8-14(12)21-17-11(2)15(18-3)19-16(20-17)13-9-10-13/h12-14H,4-10H2,1-3H3,(H,18,19,20). The van der Waals surface area contributed by atoms with Crippen molar-refractivity contribution in [3.05, 3.63) is 11.4 Å². The summed E-state index contributed by atoms with van der Waals surface area (Å²) >= 11 is 0. The SMILES string of the molecule is CCC1CCCCC1Oc1nc(C2CC2)nc(NC)c1C. The lowest BCUT2D eigenvalue weighted by Gasteiger charge is -2.31. The number of nitrogens with zero attached hydrogens (tertiary/aromatic N) is 2. The molecule has 4 nitrogen and oxygen atoms in total. The quantitative estimate of drug-likeness (QED) is 0.888. The van der Waals surface area contributed by atoms with Crippen LogP contribution in [0, 0.1) is 12.8 Å². The van der Waals surface area contributed by atoms with E-state index >= 15 is 0 Å². The molecule has 0 saturated heterocycles. The monoisotopic (exact) mass is 289 g/mol. The van der Waals surface area contributed by atoms with Crippen molar-refractivity contribution in [2.75, 3.05) is 12.4 Å². The van der Waals surface area contributed by atoms with Crippen molar-refractivity contribution in [1.82, 2.24) is 9.97 Å². The predicted molar refractivity (Wildman–Crippen MR) is 85.0 cm³/mol. The molecule has 1 aromatic heterocycles. The minimum absolute atomic E-state index is 0.328. The maximum absolute atomic E-state index is 6.36. The van der Waals surface area contributed by atoms with Crippen LogP contribution in [-0.4, -0.2) is 23.1 Å². The third kappa shape index (κ3) is 3.14. The first-order chi connectivity index (χ1) is 10.2. The summed E-state index contributed by atoms with van der Waals surface area (Å²) in [6.45, 7) is 4.33. The number of anilines is 1. The molecule has 1 heterocycles. The summed E-state index contributed by atoms with van der Waals surface area (Å²) in [6, 6.07) is 0. The molecular weight excluding hydrogens is 262 g/mol. The third-order valence-electron chi connectivity index (χ3n) is 4.92. The van der Waals surface area contributed by atoms with Crippen LogP contribution >= 0.6 is 0 Å². The van der Waals surface area contributed by atoms with Gasteiger partial charge in [-0.05, 0) is 51.4 Å². The van der Waals surface area contributed by atoms with Gasteiger partial charge in [-0.15, -0.1) is 0 Å². The maximum Gasteiger partial charge on any atom is 0.222 e. The highest BCUT2D eigenvalue weighted by molar-refractivity contribution is 5.48. The molecule has 0 bridgehead atoms. The summed E-state index contributed by atoms with van der Waals surface area (Å²) in [5.41, 5.74) is 1.04. The minimum atomic E-state index is 0.328. The molecular formula is C17H27N3O. The van der Waals surface area contributed by atoms with E-state index < -0.39 is 0 Å². The summed E-state index contributed by atoms with van der Waals surface area (Å²) in [5.74, 6) is 3.92. The maximum atomic E-state index is 6.36. The molecule has 21 heavy (non-hydrogen) atoms. The van der Waals surface area contributed by atoms with E-state index in [0.29, 0.717) is 17.9 Å². The Morgan fingerprint density at radius 3 is 2.57 bits per heavy atom. The van der Waals surface area contributed by atoms with E-state index in [4.69, 9.17) is 9.72 Å². The second kappa shape index (κ2) is 6.20. The lowest BCUT2D eigenvalue weighted by Crippen LogP contribution is -2.30. The Morgan fingerprint density at radius 2 is 1.90 bits per heavy atom. The Hall–Kier alpha value is -1.32. The molecule has 0 spiro atoms. The Labute approximate surface area is 127 Å². The van der Waals surface area contributed by atoms with E-state index in [1.54, 1.807) is 0 Å². The largest absolute Gasteiger partial charge is 0.474 e. The molecule has 0 aliphatic heterocycles. The number of nitrogens with one attached hydrogen (secondary N) is 1. The van der Waals surface area contributed by atoms with Gasteiger partial charge in [0.1, 0.15) is 17.7 Å². The third-order valence-corrected chi connectivity index (χ3v) is 4.92. The molecule has 0 amide bonds. The number of hydrogen-bond donors (Lipinski definition) is 1. The van der Waals surface area contributed by atoms with Crippen LogP contribution in [0.3, 0.4) is 0 Å². The Morgan fingerprint density at radius 1 is 1.14 bits per heavy atom. The van der Waals surface area contributed by atoms with Gasteiger partial charge >= 0.3 is 0 Å². The average Bonchev–Trinajstić information content (AvgIpc) is 3.34. The van der Waals surface area contributed by atoms with Crippen LogP contribution in [0.5, 0.6) is 5.88 Å². The van der Waals surface area contributed by atoms with Gasteiger partial charge in [-0.25, -0.2) is 4.98 Å². The average molecular weight is 289 g/mol. The van der Waals surface area contributed by atoms with Crippen molar-refractivity contribution in [3.8, 4) is 5.88 Å². The minimum Gasteiger partial charge on any atom is -0.474 e. The van der Waals surface area contributed by atoms with Crippen LogP contribution in [-0.2, 0) is 0 Å². The molecule has 2 fully saturated rings. The Balaban J connectivity index is 1.84. The van der Waals surface area contributed by atoms with Crippen molar-refractivity contribution in [2.45, 2.75) is 70.8 Å². The van der Waals surface area contributed by atoms with E-state index in [0.717, 1.165) is 29.5 Å². The fourth-order valence-electron chi connectivity index (χ4n) is 3.33. The van der Waals surface area contributed by atoms with Gasteiger partial charge in [0.25, 0.3) is 0 Å². The zero-order valence-electron chi connectivity index (χ0n) is 13.5. The molecule has 1 N–H and O–H groups in total. The molecule has 0 aromatic carbocycles. The summed E-state index contributed by atoms with van der Waals surface area (Å²) < 4.78 is 6.36. The number of aromatic nitrogens is 2. The van der Waals surface area contributed by atoms with E-state index in [9.17, 15) is 0 Å². The van der Waals surface area contributed by atoms with Gasteiger partial charge in [0.05, 0.1) is 5.56 Å². The molecule has 116 valence electrons. The molecule has 2 saturated carbocycles. The van der Waals surface area contributed by atoms with Gasteiger partial charge in [0, 0.05) is 13.0 Å². The topological polar surface area (TPSA) is 47.0 Å². The summed E-state index contributed by atoms with van der Waals surface area (Å²) in [4.78, 5) is 9.38. The highest BCUT2D eigenvalue weighted by Gasteiger charge is 2.30. The van der Waals surface area contributed by atoms with Crippen molar-refractivity contribution in [3.63, 3.8) is 0 Å². The summed E-state index contributed by atoms with van der Waals surface area (Å²) in [5, 5.41) is 3.19. The first-order valence-corrected chi connectivity index (χ1v) is 8.45. The number of hydrogen-bond acceptors (Lipinski definition) is 4. The van der Waals surface area contributed by atoms with Gasteiger partial charge in [0.2, 0.25) is 5.88 Å². The van der Waals surface area contributed by atoms with Crippen molar-refractivity contribution < 1.29 is 4.74 Å². The van der Waals surface area contributed by atoms with Gasteiger partial charge in [-0.2, -0.15) is 4.98 Å².